The van der Waals surface area contributed by atoms with Gasteiger partial charge in [0.05, 0.1) is 6.04 Å². The highest BCUT2D eigenvalue weighted by Gasteiger charge is 2.58. The number of nitrogens with one attached hydrogen (secondary N) is 2. The maximum absolute atomic E-state index is 12.1. The monoisotopic (exact) mass is 467 g/mol. The summed E-state index contributed by atoms with van der Waals surface area (Å²) in [7, 11) is -11.1. The normalized spacial score (nSPS) is 14.6. The fourth-order valence-corrected chi connectivity index (χ4v) is 4.75. The molecule has 1 aromatic carbocycles. The zero-order chi connectivity index (χ0) is 23.2. The molecular formula is C16H27N3O9P2. The summed E-state index contributed by atoms with van der Waals surface area (Å²) in [4.78, 5) is 60.4. The third-order valence-corrected chi connectivity index (χ3v) is 8.18. The van der Waals surface area contributed by atoms with Crippen LogP contribution in [0.5, 0.6) is 0 Å². The molecule has 0 bridgehead atoms. The molecule has 2 atom stereocenters. The predicted octanol–water partition coefficient (Wildman–Crippen LogP) is -1.04. The van der Waals surface area contributed by atoms with Gasteiger partial charge < -0.3 is 41.0 Å². The Morgan fingerprint density at radius 1 is 1.07 bits per heavy atom. The Hall–Kier alpha value is -1.62. The van der Waals surface area contributed by atoms with Gasteiger partial charge in [-0.05, 0) is 25.3 Å². The number of nitrogens with two attached hydrogens (primary N) is 1. The second-order valence-corrected chi connectivity index (χ2v) is 10.8. The molecule has 0 aliphatic carbocycles. The van der Waals surface area contributed by atoms with Gasteiger partial charge in [0, 0.05) is 13.0 Å². The molecule has 1 rings (SSSR count). The lowest BCUT2D eigenvalue weighted by Crippen LogP contribution is -2.51. The maximum atomic E-state index is 12.1. The highest BCUT2D eigenvalue weighted by atomic mass is 31.2. The smallest absolute Gasteiger partial charge is 0.368 e. The predicted molar refractivity (Wildman–Crippen MR) is 107 cm³/mol. The van der Waals surface area contributed by atoms with Crippen LogP contribution in [0.2, 0.25) is 0 Å². The zero-order valence-corrected chi connectivity index (χ0v) is 18.0. The Balaban J connectivity index is 2.50. The molecule has 14 heteroatoms. The lowest BCUT2D eigenvalue weighted by molar-refractivity contribution is -0.129. The van der Waals surface area contributed by atoms with Crippen LogP contribution in [0, 0.1) is 0 Å². The first-order valence-corrected chi connectivity index (χ1v) is 12.1. The molecule has 0 heterocycles. The van der Waals surface area contributed by atoms with Crippen molar-refractivity contribution in [2.75, 3.05) is 6.54 Å². The van der Waals surface area contributed by atoms with Gasteiger partial charge in [-0.2, -0.15) is 0 Å². The fraction of sp³-hybridized carbons (Fsp3) is 0.500. The number of amides is 2. The topological polar surface area (TPSA) is 220 Å². The van der Waals surface area contributed by atoms with Gasteiger partial charge in [0.1, 0.15) is 6.04 Å². The van der Waals surface area contributed by atoms with Crippen LogP contribution >= 0.6 is 15.2 Å². The lowest BCUT2D eigenvalue weighted by atomic mass is 10.1. The fourth-order valence-electron chi connectivity index (χ4n) is 2.50. The summed E-state index contributed by atoms with van der Waals surface area (Å²) in [6, 6.07) is 7.17. The summed E-state index contributed by atoms with van der Waals surface area (Å²) in [6.07, 6.45) is -1.03. The number of rotatable bonds is 11. The van der Waals surface area contributed by atoms with Crippen molar-refractivity contribution in [3.05, 3.63) is 35.9 Å². The van der Waals surface area contributed by atoms with E-state index in [0.717, 1.165) is 5.56 Å². The van der Waals surface area contributed by atoms with E-state index in [1.807, 2.05) is 6.07 Å². The molecule has 170 valence electrons. The van der Waals surface area contributed by atoms with Gasteiger partial charge in [-0.1, -0.05) is 30.3 Å². The van der Waals surface area contributed by atoms with Gasteiger partial charge in [-0.25, -0.2) is 0 Å². The van der Waals surface area contributed by atoms with Gasteiger partial charge >= 0.3 is 15.2 Å². The molecule has 0 saturated heterocycles. The van der Waals surface area contributed by atoms with Crippen molar-refractivity contribution in [1.82, 2.24) is 10.6 Å². The molecule has 2 amide bonds. The van der Waals surface area contributed by atoms with E-state index in [0.29, 0.717) is 0 Å². The molecule has 9 N–H and O–H groups in total. The Kier molecular flexibility index (Phi) is 9.34. The quantitative estimate of drug-likeness (QED) is 0.146. The van der Waals surface area contributed by atoms with Crippen LogP contribution in [-0.4, -0.2) is 60.2 Å². The molecule has 0 fully saturated rings. The van der Waals surface area contributed by atoms with Gasteiger partial charge in [-0.15, -0.1) is 0 Å². The van der Waals surface area contributed by atoms with Crippen molar-refractivity contribution in [3.8, 4) is 0 Å². The Morgan fingerprint density at radius 2 is 1.60 bits per heavy atom. The maximum Gasteiger partial charge on any atom is 0.369 e. The number of benzene rings is 1. The van der Waals surface area contributed by atoms with E-state index >= 15 is 0 Å². The minimum atomic E-state index is -5.54. The van der Waals surface area contributed by atoms with Crippen LogP contribution in [0.25, 0.3) is 0 Å². The second-order valence-electron chi connectivity index (χ2n) is 6.78. The average Bonchev–Trinajstić information content (AvgIpc) is 2.63. The molecule has 0 spiro atoms. The highest BCUT2D eigenvalue weighted by Crippen LogP contribution is 2.69. The molecule has 0 aliphatic heterocycles. The van der Waals surface area contributed by atoms with Crippen LogP contribution < -0.4 is 16.4 Å². The van der Waals surface area contributed by atoms with E-state index in [4.69, 9.17) is 25.3 Å². The highest BCUT2D eigenvalue weighted by molar-refractivity contribution is 7.72. The summed E-state index contributed by atoms with van der Waals surface area (Å²) in [5.74, 6) is -1.20. The van der Waals surface area contributed by atoms with Crippen molar-refractivity contribution in [1.29, 1.82) is 0 Å². The standard InChI is InChI=1S/C16H27N3O9P2/c1-11(19-15(21)13(17)10-12-6-3-2-4-7-12)14(20)18-9-5-8-16(22,29(23,24)25)30(26,27)28/h2-4,6-7,11,13,22H,5,8-10,17H2,1H3,(H,18,20)(H,19,21)(H2,23,24,25)(H2,26,27,28)/t11-,13-/m0/s1. The summed E-state index contributed by atoms with van der Waals surface area (Å²) in [6.45, 7) is 1.14. The molecular weight excluding hydrogens is 440 g/mol. The Bertz CT molecular complexity index is 803. The minimum Gasteiger partial charge on any atom is -0.368 e. The number of aliphatic hydroxyl groups is 1. The summed E-state index contributed by atoms with van der Waals surface area (Å²) in [5.41, 5.74) is 6.68. The molecule has 0 aromatic heterocycles. The van der Waals surface area contributed by atoms with Gasteiger partial charge in [-0.3, -0.25) is 18.7 Å². The van der Waals surface area contributed by atoms with Gasteiger partial charge in [0.15, 0.2) is 0 Å². The van der Waals surface area contributed by atoms with Gasteiger partial charge in [0.2, 0.25) is 11.8 Å². The largest absolute Gasteiger partial charge is 0.369 e. The SMILES string of the molecule is C[C@H](NC(=O)[C@@H](N)Cc1ccccc1)C(=O)NCCCC(O)(P(=O)(O)O)P(=O)(O)O. The van der Waals surface area contributed by atoms with Crippen molar-refractivity contribution >= 4 is 27.0 Å². The van der Waals surface area contributed by atoms with E-state index in [1.165, 1.54) is 6.92 Å². The molecule has 0 aliphatic rings. The number of hydrogen-bond donors (Lipinski definition) is 8. The Morgan fingerprint density at radius 3 is 2.10 bits per heavy atom. The first kappa shape index (κ1) is 26.4. The van der Waals surface area contributed by atoms with Crippen LogP contribution in [-0.2, 0) is 25.1 Å². The first-order valence-electron chi connectivity index (χ1n) is 8.90. The zero-order valence-electron chi connectivity index (χ0n) is 16.2. The van der Waals surface area contributed by atoms with Crippen molar-refractivity contribution in [3.63, 3.8) is 0 Å². The summed E-state index contributed by atoms with van der Waals surface area (Å²) in [5, 5.41) is 11.0. The van der Waals surface area contributed by atoms with Crippen molar-refractivity contribution < 1.29 is 43.4 Å². The van der Waals surface area contributed by atoms with Gasteiger partial charge in [0.25, 0.3) is 5.08 Å². The van der Waals surface area contributed by atoms with Crippen LogP contribution in [0.15, 0.2) is 30.3 Å². The van der Waals surface area contributed by atoms with Crippen LogP contribution in [0.1, 0.15) is 25.3 Å². The minimum absolute atomic E-state index is 0.253. The molecule has 0 unspecified atom stereocenters. The number of carbonyl (C=O) groups is 2. The number of hydrogen-bond acceptors (Lipinski definition) is 6. The van der Waals surface area contributed by atoms with E-state index in [9.17, 15) is 23.8 Å². The first-order chi connectivity index (χ1) is 13.7. The van der Waals surface area contributed by atoms with Crippen LogP contribution in [0.3, 0.4) is 0 Å². The third-order valence-electron chi connectivity index (χ3n) is 4.31. The molecule has 1 aromatic rings. The van der Waals surface area contributed by atoms with E-state index in [1.54, 1.807) is 24.3 Å². The Labute approximate surface area is 173 Å². The summed E-state index contributed by atoms with van der Waals surface area (Å²) < 4.78 is 22.5. The molecule has 0 saturated carbocycles. The molecule has 30 heavy (non-hydrogen) atoms. The summed E-state index contributed by atoms with van der Waals surface area (Å²) >= 11 is 0. The van der Waals surface area contributed by atoms with E-state index in [-0.39, 0.29) is 19.4 Å². The van der Waals surface area contributed by atoms with Crippen molar-refractivity contribution in [2.24, 2.45) is 5.73 Å². The van der Waals surface area contributed by atoms with E-state index in [2.05, 4.69) is 10.6 Å². The third kappa shape index (κ3) is 7.26. The second kappa shape index (κ2) is 10.6. The average molecular weight is 467 g/mol. The molecule has 12 nitrogen and oxygen atoms in total. The number of carbonyl (C=O) groups excluding carboxylic acids is 2. The van der Waals surface area contributed by atoms with E-state index < -0.39 is 50.6 Å². The lowest BCUT2D eigenvalue weighted by Gasteiger charge is -2.29. The van der Waals surface area contributed by atoms with Crippen molar-refractivity contribution in [2.45, 2.75) is 43.4 Å². The molecule has 0 radical (unpaired) electrons. The van der Waals surface area contributed by atoms with Crippen LogP contribution in [0.4, 0.5) is 0 Å².